The Morgan fingerprint density at radius 2 is 1.70 bits per heavy atom. The number of nitrogens with zero attached hydrogens (tertiary/aromatic N) is 8. The molecular weight excluding hydrogens is 775 g/mol. The van der Waals surface area contributed by atoms with Gasteiger partial charge in [0.15, 0.2) is 5.65 Å². The number of benzene rings is 2. The van der Waals surface area contributed by atoms with Gasteiger partial charge in [-0.05, 0) is 93.7 Å². The van der Waals surface area contributed by atoms with Crippen LogP contribution in [0.1, 0.15) is 84.7 Å². The van der Waals surface area contributed by atoms with Crippen LogP contribution >= 0.6 is 0 Å². The molecule has 9 rings (SSSR count). The molecule has 4 aliphatic rings. The monoisotopic (exact) mass is 825 g/mol. The minimum Gasteiger partial charge on any atom is -0.496 e. The van der Waals surface area contributed by atoms with Gasteiger partial charge in [0.25, 0.3) is 11.8 Å². The Morgan fingerprint density at radius 3 is 2.48 bits per heavy atom. The molecule has 1 atom stereocenters. The molecule has 4 fully saturated rings. The molecule has 3 N–H and O–H groups in total. The summed E-state index contributed by atoms with van der Waals surface area (Å²) in [5.41, 5.74) is 5.57. The number of methoxy groups -OCH3 is 1. The van der Waals surface area contributed by atoms with Crippen molar-refractivity contribution in [2.24, 2.45) is 5.92 Å². The molecule has 4 aliphatic heterocycles. The van der Waals surface area contributed by atoms with Crippen LogP contribution in [0.25, 0.3) is 16.6 Å². The summed E-state index contributed by atoms with van der Waals surface area (Å²) < 4.78 is 9.37. The maximum Gasteiger partial charge on any atom is 0.274 e. The number of hydrogen-bond donors (Lipinski definition) is 3. The fraction of sp³-hybridized carbons (Fsp3) is 0.444. The van der Waals surface area contributed by atoms with Gasteiger partial charge < -0.3 is 35.4 Å². The summed E-state index contributed by atoms with van der Waals surface area (Å²) >= 11 is 0. The van der Waals surface area contributed by atoms with E-state index in [0.717, 1.165) is 112 Å². The summed E-state index contributed by atoms with van der Waals surface area (Å²) in [5, 5.41) is 19.2. The largest absolute Gasteiger partial charge is 0.496 e. The number of carbonyl (C=O) groups excluding carboxylic acids is 4. The van der Waals surface area contributed by atoms with Crippen LogP contribution < -0.4 is 30.5 Å². The fourth-order valence-electron chi connectivity index (χ4n) is 9.44. The SMILES string of the molecule is COc1cc(N2CCC(CN3CCC(n4cc5cc(NC(=O)c6cccc7ncnn67)c(N6CCCCC6)cc5n4)CC3)CC2)ccc1C(=O)N[C@H]1CCC(=C=O)NC1=C=O. The standard InChI is InChI=1S/C45H51N11O5/c1-61-42-23-34(9-10-35(42)44(59)49-36-11-8-32(27-57)48-39(36)28-58)53-20-12-30(13-21-53)25-52-18-14-33(15-19-52)55-26-31-22-38(41(24-37(31)51-55)54-16-3-2-4-17-54)50-45(60)40-6-5-7-43-46-29-47-56(40)43/h5-7,9-10,22-24,26,29-30,33,36,48H,2-4,8,11-21,25H2,1H3,(H,49,59)(H,50,60)/t36-/m0/s1. The zero-order chi connectivity index (χ0) is 41.9. The second-order valence-corrected chi connectivity index (χ2v) is 16.6. The third-order valence-corrected chi connectivity index (χ3v) is 12.8. The van der Waals surface area contributed by atoms with Crippen molar-refractivity contribution in [2.75, 3.05) is 68.0 Å². The quantitative estimate of drug-likeness (QED) is 0.165. The zero-order valence-corrected chi connectivity index (χ0v) is 34.4. The third kappa shape index (κ3) is 8.47. The van der Waals surface area contributed by atoms with Gasteiger partial charge in [0.1, 0.15) is 41.0 Å². The number of hydrogen-bond acceptors (Lipinski definition) is 12. The molecule has 0 unspecified atom stereocenters. The number of amides is 2. The van der Waals surface area contributed by atoms with Crippen molar-refractivity contribution >= 4 is 57.3 Å². The maximum atomic E-state index is 13.7. The van der Waals surface area contributed by atoms with Gasteiger partial charge in [-0.3, -0.25) is 14.3 Å². The Bertz CT molecular complexity index is 2530. The van der Waals surface area contributed by atoms with Crippen molar-refractivity contribution in [2.45, 2.75) is 69.9 Å². The van der Waals surface area contributed by atoms with E-state index in [1.165, 1.54) is 12.7 Å². The van der Waals surface area contributed by atoms with E-state index >= 15 is 0 Å². The number of nitrogens with one attached hydrogen (secondary N) is 3. The number of fused-ring (bicyclic) bond motifs is 2. The molecule has 2 aromatic carbocycles. The number of allylic oxidation sites excluding steroid dienone is 1. The second-order valence-electron chi connectivity index (χ2n) is 16.6. The second kappa shape index (κ2) is 17.6. The van der Waals surface area contributed by atoms with Crippen molar-refractivity contribution in [1.82, 2.24) is 39.9 Å². The summed E-state index contributed by atoms with van der Waals surface area (Å²) in [6, 6.07) is 15.0. The molecule has 3 aromatic heterocycles. The minimum absolute atomic E-state index is 0.118. The van der Waals surface area contributed by atoms with Crippen molar-refractivity contribution in [3.05, 3.63) is 83.7 Å². The summed E-state index contributed by atoms with van der Waals surface area (Å²) in [6.07, 6.45) is 12.0. The van der Waals surface area contributed by atoms with Crippen LogP contribution in [0.4, 0.5) is 17.1 Å². The van der Waals surface area contributed by atoms with Crippen LogP contribution in [0.2, 0.25) is 0 Å². The van der Waals surface area contributed by atoms with Crippen molar-refractivity contribution < 1.29 is 23.9 Å². The van der Waals surface area contributed by atoms with E-state index < -0.39 is 6.04 Å². The highest BCUT2D eigenvalue weighted by molar-refractivity contribution is 6.07. The lowest BCUT2D eigenvalue weighted by Gasteiger charge is -2.38. The van der Waals surface area contributed by atoms with Crippen LogP contribution in [0.15, 0.2) is 72.4 Å². The van der Waals surface area contributed by atoms with Crippen molar-refractivity contribution in [1.29, 1.82) is 0 Å². The molecule has 0 aliphatic carbocycles. The van der Waals surface area contributed by atoms with Gasteiger partial charge >= 0.3 is 0 Å². The van der Waals surface area contributed by atoms with Gasteiger partial charge in [-0.15, -0.1) is 0 Å². The highest BCUT2D eigenvalue weighted by Gasteiger charge is 2.29. The summed E-state index contributed by atoms with van der Waals surface area (Å²) in [6.45, 7) is 6.84. The molecule has 61 heavy (non-hydrogen) atoms. The van der Waals surface area contributed by atoms with E-state index in [4.69, 9.17) is 9.84 Å². The van der Waals surface area contributed by atoms with E-state index in [9.17, 15) is 19.2 Å². The normalized spacial score (nSPS) is 19.4. The van der Waals surface area contributed by atoms with E-state index in [-0.39, 0.29) is 23.2 Å². The topological polar surface area (TPSA) is 171 Å². The Balaban J connectivity index is 0.797. The zero-order valence-electron chi connectivity index (χ0n) is 34.4. The number of rotatable bonds is 10. The Hall–Kier alpha value is -6.47. The first kappa shape index (κ1) is 40.0. The molecule has 316 valence electrons. The summed E-state index contributed by atoms with van der Waals surface area (Å²) in [5.74, 6) is 4.06. The van der Waals surface area contributed by atoms with Gasteiger partial charge in [-0.25, -0.2) is 19.1 Å². The van der Waals surface area contributed by atoms with Crippen LogP contribution in [-0.4, -0.2) is 112 Å². The third-order valence-electron chi connectivity index (χ3n) is 12.8. The number of piperidine rings is 4. The predicted octanol–water partition coefficient (Wildman–Crippen LogP) is 4.80. The fourth-order valence-corrected chi connectivity index (χ4v) is 9.44. The van der Waals surface area contributed by atoms with Crippen LogP contribution in [0.5, 0.6) is 5.75 Å². The van der Waals surface area contributed by atoms with Gasteiger partial charge in [0.05, 0.1) is 41.6 Å². The van der Waals surface area contributed by atoms with E-state index in [2.05, 4.69) is 63.7 Å². The highest BCUT2D eigenvalue weighted by Crippen LogP contribution is 2.35. The lowest BCUT2D eigenvalue weighted by molar-refractivity contribution is 0.0935. The molecular formula is C45H51N11O5. The van der Waals surface area contributed by atoms with Gasteiger partial charge in [-0.1, -0.05) is 6.07 Å². The number of carbonyl (C=O) groups is 2. The Morgan fingerprint density at radius 1 is 0.885 bits per heavy atom. The number of aromatic nitrogens is 5. The van der Waals surface area contributed by atoms with E-state index in [1.54, 1.807) is 35.6 Å². The van der Waals surface area contributed by atoms with Crippen LogP contribution in [-0.2, 0) is 9.59 Å². The average molecular weight is 826 g/mol. The van der Waals surface area contributed by atoms with Crippen molar-refractivity contribution in [3.8, 4) is 5.75 Å². The highest BCUT2D eigenvalue weighted by atomic mass is 16.5. The van der Waals surface area contributed by atoms with E-state index in [1.807, 2.05) is 24.3 Å². The summed E-state index contributed by atoms with van der Waals surface area (Å²) in [7, 11) is 1.55. The molecule has 2 amide bonds. The minimum atomic E-state index is -0.579. The lowest BCUT2D eigenvalue weighted by Crippen LogP contribution is -2.43. The average Bonchev–Trinajstić information content (AvgIpc) is 3.97. The molecule has 4 saturated heterocycles. The first-order chi connectivity index (χ1) is 29.9. The van der Waals surface area contributed by atoms with E-state index in [0.29, 0.717) is 47.5 Å². The van der Waals surface area contributed by atoms with Crippen molar-refractivity contribution in [3.63, 3.8) is 0 Å². The number of ether oxygens (including phenoxy) is 1. The first-order valence-corrected chi connectivity index (χ1v) is 21.5. The molecule has 0 bridgehead atoms. The summed E-state index contributed by atoms with van der Waals surface area (Å²) in [4.78, 5) is 61.0. The Kier molecular flexibility index (Phi) is 11.6. The van der Waals surface area contributed by atoms with Crippen LogP contribution in [0, 0.1) is 5.92 Å². The molecule has 16 heteroatoms. The molecule has 5 aromatic rings. The first-order valence-electron chi connectivity index (χ1n) is 21.5. The maximum absolute atomic E-state index is 13.7. The van der Waals surface area contributed by atoms with Gasteiger partial charge in [-0.2, -0.15) is 10.2 Å². The predicted molar refractivity (Wildman–Crippen MR) is 231 cm³/mol. The molecule has 0 radical (unpaired) electrons. The molecule has 7 heterocycles. The molecule has 16 nitrogen and oxygen atoms in total. The number of anilines is 3. The van der Waals surface area contributed by atoms with Crippen LogP contribution in [0.3, 0.4) is 0 Å². The molecule has 0 saturated carbocycles. The lowest BCUT2D eigenvalue weighted by atomic mass is 9.94. The van der Waals surface area contributed by atoms with Gasteiger partial charge in [0, 0.05) is 75.6 Å². The number of likely N-dealkylation sites (tertiary alicyclic amines) is 1. The Labute approximate surface area is 353 Å². The van der Waals surface area contributed by atoms with Gasteiger partial charge in [0.2, 0.25) is 0 Å². The molecule has 0 spiro atoms. The number of pyridine rings is 1. The smallest absolute Gasteiger partial charge is 0.274 e.